The number of rotatable bonds is 2. The van der Waals surface area contributed by atoms with E-state index in [4.69, 9.17) is 0 Å². The van der Waals surface area contributed by atoms with Crippen molar-refractivity contribution in [2.75, 3.05) is 0 Å². The molecule has 4 heteroatoms. The van der Waals surface area contributed by atoms with Gasteiger partial charge in [-0.3, -0.25) is 9.59 Å². The number of para-hydroxylation sites is 1. The van der Waals surface area contributed by atoms with Gasteiger partial charge < -0.3 is 0 Å². The molecule has 1 aromatic heterocycles. The quantitative estimate of drug-likeness (QED) is 0.528. The van der Waals surface area contributed by atoms with E-state index in [1.807, 2.05) is 48.5 Å². The molecule has 0 saturated heterocycles. The summed E-state index contributed by atoms with van der Waals surface area (Å²) in [6.45, 7) is 0. The first-order valence-corrected chi connectivity index (χ1v) is 6.59. The Morgan fingerprint density at radius 1 is 0.952 bits per heavy atom. The number of hydrogen-bond acceptors (Lipinski definition) is 3. The van der Waals surface area contributed by atoms with E-state index in [-0.39, 0.29) is 5.78 Å². The molecule has 0 radical (unpaired) electrons. The molecule has 0 spiro atoms. The maximum atomic E-state index is 12.5. The highest BCUT2D eigenvalue weighted by Gasteiger charge is 2.33. The molecule has 0 unspecified atom stereocenters. The number of benzene rings is 2. The maximum absolute atomic E-state index is 12.5. The Bertz CT molecular complexity index is 878. The van der Waals surface area contributed by atoms with Crippen molar-refractivity contribution in [1.82, 2.24) is 9.78 Å². The lowest BCUT2D eigenvalue weighted by Crippen LogP contribution is -2.00. The van der Waals surface area contributed by atoms with Crippen LogP contribution in [0, 0.1) is 0 Å². The van der Waals surface area contributed by atoms with E-state index in [1.54, 1.807) is 10.7 Å². The molecule has 0 N–H and O–H groups in total. The first-order valence-electron chi connectivity index (χ1n) is 6.59. The van der Waals surface area contributed by atoms with Crippen molar-refractivity contribution < 1.29 is 9.59 Å². The summed E-state index contributed by atoms with van der Waals surface area (Å²) < 4.78 is 1.57. The van der Waals surface area contributed by atoms with Gasteiger partial charge in [-0.1, -0.05) is 42.5 Å². The van der Waals surface area contributed by atoms with Crippen LogP contribution in [0.5, 0.6) is 0 Å². The highest BCUT2D eigenvalue weighted by Crippen LogP contribution is 2.33. The average molecular weight is 274 g/mol. The zero-order valence-electron chi connectivity index (χ0n) is 11.0. The lowest BCUT2D eigenvalue weighted by atomic mass is 10.0. The molecule has 0 saturated carbocycles. The topological polar surface area (TPSA) is 52.0 Å². The zero-order chi connectivity index (χ0) is 14.4. The third-order valence-corrected chi connectivity index (χ3v) is 3.68. The molecule has 4 rings (SSSR count). The normalized spacial score (nSPS) is 12.1. The molecule has 0 aliphatic carbocycles. The van der Waals surface area contributed by atoms with Gasteiger partial charge in [-0.15, -0.1) is 0 Å². The highest BCUT2D eigenvalue weighted by atomic mass is 16.1. The molecule has 0 fully saturated rings. The molecule has 4 nitrogen and oxygen atoms in total. The van der Waals surface area contributed by atoms with E-state index < -0.39 is 0 Å². The smallest absolute Gasteiger partial charge is 0.214 e. The summed E-state index contributed by atoms with van der Waals surface area (Å²) in [6, 6.07) is 16.7. The number of nitrogens with zero attached hydrogens (tertiary/aromatic N) is 2. The van der Waals surface area contributed by atoms with Crippen LogP contribution in [0.2, 0.25) is 0 Å². The fraction of sp³-hybridized carbons (Fsp3) is 0. The van der Waals surface area contributed by atoms with Crippen molar-refractivity contribution in [2.45, 2.75) is 0 Å². The number of aromatic nitrogens is 2. The minimum absolute atomic E-state index is 0.151. The van der Waals surface area contributed by atoms with Crippen LogP contribution < -0.4 is 0 Å². The molecule has 100 valence electrons. The molecule has 3 aromatic rings. The lowest BCUT2D eigenvalue weighted by Gasteiger charge is -2.00. The van der Waals surface area contributed by atoms with Crippen LogP contribution >= 0.6 is 0 Å². The van der Waals surface area contributed by atoms with E-state index in [0.29, 0.717) is 28.8 Å². The predicted octanol–water partition coefficient (Wildman–Crippen LogP) is 2.90. The van der Waals surface area contributed by atoms with E-state index in [0.717, 1.165) is 11.3 Å². The molecular formula is C17H10N2O2. The number of ketones is 1. The van der Waals surface area contributed by atoms with Crippen LogP contribution in [0.4, 0.5) is 0 Å². The standard InChI is InChI=1S/C17H10N2O2/c20-10-13-15(11-6-2-1-3-7-11)18-19-14-9-5-4-8-12(14)17(21)16(13)19/h1-10H. The van der Waals surface area contributed by atoms with E-state index in [1.165, 1.54) is 0 Å². The third kappa shape index (κ3) is 1.53. The summed E-state index contributed by atoms with van der Waals surface area (Å²) in [4.78, 5) is 24.0. The van der Waals surface area contributed by atoms with Crippen molar-refractivity contribution >= 4 is 12.1 Å². The van der Waals surface area contributed by atoms with E-state index in [9.17, 15) is 9.59 Å². The van der Waals surface area contributed by atoms with Gasteiger partial charge in [0.25, 0.3) is 0 Å². The molecule has 0 atom stereocenters. The molecular weight excluding hydrogens is 264 g/mol. The largest absolute Gasteiger partial charge is 0.298 e. The maximum Gasteiger partial charge on any atom is 0.214 e. The molecule has 2 aromatic carbocycles. The van der Waals surface area contributed by atoms with Crippen LogP contribution in [0.25, 0.3) is 16.9 Å². The minimum atomic E-state index is -0.151. The highest BCUT2D eigenvalue weighted by molar-refractivity contribution is 6.18. The Morgan fingerprint density at radius 2 is 1.67 bits per heavy atom. The van der Waals surface area contributed by atoms with Gasteiger partial charge >= 0.3 is 0 Å². The first kappa shape index (κ1) is 11.8. The van der Waals surface area contributed by atoms with Crippen molar-refractivity contribution in [3.8, 4) is 16.9 Å². The Labute approximate surface area is 120 Å². The number of hydrogen-bond donors (Lipinski definition) is 0. The first-order chi connectivity index (χ1) is 10.3. The van der Waals surface area contributed by atoms with Crippen LogP contribution in [0.1, 0.15) is 26.4 Å². The number of carbonyl (C=O) groups excluding carboxylic acids is 2. The van der Waals surface area contributed by atoms with Gasteiger partial charge in [0.2, 0.25) is 5.78 Å². The molecule has 0 amide bonds. The number of carbonyl (C=O) groups is 2. The van der Waals surface area contributed by atoms with E-state index in [2.05, 4.69) is 5.10 Å². The summed E-state index contributed by atoms with van der Waals surface area (Å²) in [6.07, 6.45) is 0.713. The molecule has 0 bridgehead atoms. The van der Waals surface area contributed by atoms with Gasteiger partial charge in [0.15, 0.2) is 6.29 Å². The van der Waals surface area contributed by atoms with Gasteiger partial charge in [0.1, 0.15) is 11.4 Å². The Hall–Kier alpha value is -3.01. The van der Waals surface area contributed by atoms with Crippen LogP contribution in [-0.2, 0) is 0 Å². The van der Waals surface area contributed by atoms with Crippen molar-refractivity contribution in [1.29, 1.82) is 0 Å². The van der Waals surface area contributed by atoms with Crippen molar-refractivity contribution in [3.05, 3.63) is 71.4 Å². The monoisotopic (exact) mass is 274 g/mol. The SMILES string of the molecule is O=Cc1c(-c2ccccc2)nn2c1C(=O)c1ccccc1-2. The summed E-state index contributed by atoms with van der Waals surface area (Å²) in [5.74, 6) is -0.151. The second kappa shape index (κ2) is 4.24. The van der Waals surface area contributed by atoms with Gasteiger partial charge in [0, 0.05) is 11.1 Å². The third-order valence-electron chi connectivity index (χ3n) is 3.68. The predicted molar refractivity (Wildman–Crippen MR) is 77.8 cm³/mol. The minimum Gasteiger partial charge on any atom is -0.298 e. The molecule has 21 heavy (non-hydrogen) atoms. The van der Waals surface area contributed by atoms with Crippen molar-refractivity contribution in [3.63, 3.8) is 0 Å². The van der Waals surface area contributed by atoms with Gasteiger partial charge in [0.05, 0.1) is 11.3 Å². The van der Waals surface area contributed by atoms with Gasteiger partial charge in [-0.05, 0) is 12.1 Å². The lowest BCUT2D eigenvalue weighted by molar-refractivity contribution is 0.103. The van der Waals surface area contributed by atoms with Gasteiger partial charge in [-0.25, -0.2) is 4.68 Å². The van der Waals surface area contributed by atoms with Crippen LogP contribution in [-0.4, -0.2) is 21.8 Å². The fourth-order valence-electron chi connectivity index (χ4n) is 2.72. The summed E-state index contributed by atoms with van der Waals surface area (Å²) in [5, 5.41) is 4.49. The Kier molecular flexibility index (Phi) is 2.38. The Morgan fingerprint density at radius 3 is 2.43 bits per heavy atom. The van der Waals surface area contributed by atoms with Gasteiger partial charge in [-0.2, -0.15) is 5.10 Å². The fourth-order valence-corrected chi connectivity index (χ4v) is 2.72. The van der Waals surface area contributed by atoms with Crippen LogP contribution in [0.3, 0.4) is 0 Å². The van der Waals surface area contributed by atoms with E-state index >= 15 is 0 Å². The summed E-state index contributed by atoms with van der Waals surface area (Å²) in [7, 11) is 0. The Balaban J connectivity index is 2.03. The molecule has 1 aliphatic heterocycles. The van der Waals surface area contributed by atoms with Crippen LogP contribution in [0.15, 0.2) is 54.6 Å². The summed E-state index contributed by atoms with van der Waals surface area (Å²) >= 11 is 0. The molecule has 2 heterocycles. The molecule has 1 aliphatic rings. The average Bonchev–Trinajstić information content (AvgIpc) is 3.05. The number of aldehydes is 1. The summed E-state index contributed by atoms with van der Waals surface area (Å²) in [5.41, 5.74) is 3.38. The van der Waals surface area contributed by atoms with Crippen molar-refractivity contribution in [2.24, 2.45) is 0 Å². The second-order valence-electron chi connectivity index (χ2n) is 4.85. The number of fused-ring (bicyclic) bond motifs is 3. The zero-order valence-corrected chi connectivity index (χ0v) is 11.0. The second-order valence-corrected chi connectivity index (χ2v) is 4.85.